The number of urea groups is 1. The number of ether oxygens (including phenoxy) is 1. The van der Waals surface area contributed by atoms with E-state index < -0.39 is 0 Å². The molecule has 3 aliphatic rings. The zero-order valence-corrected chi connectivity index (χ0v) is 18.0. The Morgan fingerprint density at radius 2 is 1.97 bits per heavy atom. The summed E-state index contributed by atoms with van der Waals surface area (Å²) < 4.78 is 5.25. The molecule has 0 radical (unpaired) electrons. The lowest BCUT2D eigenvalue weighted by molar-refractivity contribution is -0.117. The molecule has 2 aromatic carbocycles. The number of amides is 3. The Morgan fingerprint density at radius 3 is 2.72 bits per heavy atom. The first kappa shape index (κ1) is 20.3. The predicted octanol–water partition coefficient (Wildman–Crippen LogP) is 2.32. The van der Waals surface area contributed by atoms with Gasteiger partial charge in [-0.2, -0.15) is 0 Å². The highest BCUT2D eigenvalue weighted by atomic mass is 16.5. The molecule has 0 bridgehead atoms. The lowest BCUT2D eigenvalue weighted by Crippen LogP contribution is -2.54. The van der Waals surface area contributed by atoms with E-state index in [1.165, 1.54) is 5.01 Å². The summed E-state index contributed by atoms with van der Waals surface area (Å²) in [5, 5.41) is 6.27. The van der Waals surface area contributed by atoms with Crippen LogP contribution < -0.4 is 20.9 Å². The Morgan fingerprint density at radius 1 is 1.16 bits per heavy atom. The van der Waals surface area contributed by atoms with Crippen molar-refractivity contribution in [2.45, 2.75) is 31.6 Å². The lowest BCUT2D eigenvalue weighted by Gasteiger charge is -2.34. The van der Waals surface area contributed by atoms with E-state index in [0.717, 1.165) is 23.3 Å². The highest BCUT2D eigenvalue weighted by Crippen LogP contribution is 2.35. The summed E-state index contributed by atoms with van der Waals surface area (Å²) in [5.41, 5.74) is 9.65. The Labute approximate surface area is 186 Å². The largest absolute Gasteiger partial charge is 0.497 e. The Hall–Kier alpha value is -3.56. The molecule has 0 saturated carbocycles. The van der Waals surface area contributed by atoms with Crippen LogP contribution in [0.4, 0.5) is 10.5 Å². The quantitative estimate of drug-likeness (QED) is 0.669. The summed E-state index contributed by atoms with van der Waals surface area (Å²) in [4.78, 5) is 27.1. The number of nitrogens with one attached hydrogen (secondary N) is 3. The number of hydrazine groups is 2. The van der Waals surface area contributed by atoms with Crippen LogP contribution in [0.2, 0.25) is 0 Å². The molecule has 32 heavy (non-hydrogen) atoms. The van der Waals surface area contributed by atoms with E-state index in [1.807, 2.05) is 66.7 Å². The molecule has 3 N–H and O–H groups in total. The molecule has 3 atom stereocenters. The first-order valence-electron chi connectivity index (χ1n) is 10.6. The van der Waals surface area contributed by atoms with Gasteiger partial charge in [0.15, 0.2) is 0 Å². The van der Waals surface area contributed by atoms with Crippen molar-refractivity contribution in [1.29, 1.82) is 0 Å². The second-order valence-electron chi connectivity index (χ2n) is 8.23. The molecular weight excluding hydrogens is 408 g/mol. The normalized spacial score (nSPS) is 23.9. The van der Waals surface area contributed by atoms with Crippen molar-refractivity contribution in [3.8, 4) is 5.75 Å². The number of nitrogens with zero attached hydrogens (tertiary/aromatic N) is 3. The van der Waals surface area contributed by atoms with Crippen LogP contribution in [0.15, 0.2) is 60.9 Å². The molecule has 5 rings (SSSR count). The van der Waals surface area contributed by atoms with Gasteiger partial charge in [-0.3, -0.25) is 9.69 Å². The van der Waals surface area contributed by atoms with Gasteiger partial charge in [0.1, 0.15) is 18.5 Å². The van der Waals surface area contributed by atoms with Crippen LogP contribution in [0.25, 0.3) is 0 Å². The number of aryl methyl sites for hydroxylation is 1. The van der Waals surface area contributed by atoms with E-state index in [2.05, 4.69) is 16.2 Å². The van der Waals surface area contributed by atoms with Gasteiger partial charge < -0.3 is 15.1 Å². The van der Waals surface area contributed by atoms with E-state index in [9.17, 15) is 9.59 Å². The first-order chi connectivity index (χ1) is 15.5. The van der Waals surface area contributed by atoms with E-state index in [-0.39, 0.29) is 36.7 Å². The minimum absolute atomic E-state index is 0.0286. The van der Waals surface area contributed by atoms with Gasteiger partial charge in [-0.25, -0.2) is 20.7 Å². The molecule has 2 aromatic rings. The van der Waals surface area contributed by atoms with Gasteiger partial charge in [-0.1, -0.05) is 24.3 Å². The topological polar surface area (TPSA) is 89.2 Å². The molecule has 3 heterocycles. The molecule has 0 aliphatic carbocycles. The Balaban J connectivity index is 1.24. The molecule has 3 unspecified atom stereocenters. The molecule has 3 aliphatic heterocycles. The highest BCUT2D eigenvalue weighted by Gasteiger charge is 2.48. The fourth-order valence-corrected chi connectivity index (χ4v) is 4.45. The second-order valence-corrected chi connectivity index (χ2v) is 8.23. The van der Waals surface area contributed by atoms with Gasteiger partial charge in [0.05, 0.1) is 19.2 Å². The fraction of sp³-hybridized carbons (Fsp3) is 0.304. The summed E-state index contributed by atoms with van der Waals surface area (Å²) >= 11 is 0. The number of rotatable bonds is 5. The highest BCUT2D eigenvalue weighted by molar-refractivity contribution is 5.94. The zero-order chi connectivity index (χ0) is 22.2. The van der Waals surface area contributed by atoms with Gasteiger partial charge in [0.25, 0.3) is 0 Å². The molecule has 3 amide bonds. The third-order valence-electron chi connectivity index (χ3n) is 6.05. The number of hydrogen-bond donors (Lipinski definition) is 3. The predicted molar refractivity (Wildman–Crippen MR) is 119 cm³/mol. The number of hydrogen-bond acceptors (Lipinski definition) is 6. The van der Waals surface area contributed by atoms with Crippen molar-refractivity contribution in [3.05, 3.63) is 72.1 Å². The third kappa shape index (κ3) is 3.76. The Kier molecular flexibility index (Phi) is 5.20. The summed E-state index contributed by atoms with van der Waals surface area (Å²) in [6.07, 6.45) is 4.18. The number of anilines is 1. The van der Waals surface area contributed by atoms with E-state index >= 15 is 0 Å². The standard InChI is InChI=1S/C23H26N6O3/c1-15-4-3-5-17(12-15)24-21(30)14-29-23(31)27-10-11-28-20(22(27)26-29)13-19(25-28)16-6-8-18(32-2)9-7-16/h3-12,19-20,22,25-26H,13-14H2,1-2H3,(H,24,30). The number of methoxy groups -OCH3 is 1. The summed E-state index contributed by atoms with van der Waals surface area (Å²) in [7, 11) is 1.65. The van der Waals surface area contributed by atoms with Gasteiger partial charge in [0.2, 0.25) is 5.91 Å². The van der Waals surface area contributed by atoms with Gasteiger partial charge in [-0.15, -0.1) is 0 Å². The summed E-state index contributed by atoms with van der Waals surface area (Å²) in [6, 6.07) is 15.5. The minimum Gasteiger partial charge on any atom is -0.497 e. The smallest absolute Gasteiger partial charge is 0.340 e. The molecule has 9 nitrogen and oxygen atoms in total. The molecule has 2 fully saturated rings. The van der Waals surface area contributed by atoms with Crippen LogP contribution in [-0.4, -0.2) is 52.7 Å². The maximum atomic E-state index is 12.9. The molecule has 2 saturated heterocycles. The number of fused-ring (bicyclic) bond motifs is 3. The Bertz CT molecular complexity index is 1060. The fourth-order valence-electron chi connectivity index (χ4n) is 4.45. The maximum absolute atomic E-state index is 12.9. The molecule has 0 aromatic heterocycles. The number of carbonyl (C=O) groups is 2. The number of benzene rings is 2. The van der Waals surface area contributed by atoms with Crippen molar-refractivity contribution in [2.75, 3.05) is 19.0 Å². The number of carbonyl (C=O) groups excluding carboxylic acids is 2. The zero-order valence-electron chi connectivity index (χ0n) is 18.0. The van der Waals surface area contributed by atoms with Gasteiger partial charge in [-0.05, 0) is 48.7 Å². The molecule has 166 valence electrons. The molecule has 0 spiro atoms. The molecular formula is C23H26N6O3. The second kappa shape index (κ2) is 8.18. The van der Waals surface area contributed by atoms with Gasteiger partial charge in [0, 0.05) is 18.1 Å². The van der Waals surface area contributed by atoms with Crippen LogP contribution in [0, 0.1) is 6.92 Å². The average Bonchev–Trinajstić information content (AvgIpc) is 3.35. The first-order valence-corrected chi connectivity index (χ1v) is 10.6. The van der Waals surface area contributed by atoms with Crippen LogP contribution in [0.1, 0.15) is 23.6 Å². The average molecular weight is 435 g/mol. The SMILES string of the molecule is COc1ccc(C2CC3C4NN(CC(=O)Nc5cccc(C)c5)C(=O)N4C=CN3N2)cc1. The monoisotopic (exact) mass is 434 g/mol. The van der Waals surface area contributed by atoms with Crippen molar-refractivity contribution < 1.29 is 14.3 Å². The van der Waals surface area contributed by atoms with Crippen LogP contribution in [-0.2, 0) is 4.79 Å². The van der Waals surface area contributed by atoms with Crippen LogP contribution >= 0.6 is 0 Å². The van der Waals surface area contributed by atoms with E-state index in [1.54, 1.807) is 18.2 Å². The van der Waals surface area contributed by atoms with Crippen molar-refractivity contribution >= 4 is 17.6 Å². The minimum atomic E-state index is -0.255. The van der Waals surface area contributed by atoms with Gasteiger partial charge >= 0.3 is 6.03 Å². The van der Waals surface area contributed by atoms with E-state index in [4.69, 9.17) is 4.74 Å². The van der Waals surface area contributed by atoms with Crippen LogP contribution in [0.5, 0.6) is 5.75 Å². The van der Waals surface area contributed by atoms with Crippen LogP contribution in [0.3, 0.4) is 0 Å². The summed E-state index contributed by atoms with van der Waals surface area (Å²) in [6.45, 7) is 1.89. The van der Waals surface area contributed by atoms with E-state index in [0.29, 0.717) is 5.69 Å². The van der Waals surface area contributed by atoms with Crippen molar-refractivity contribution in [3.63, 3.8) is 0 Å². The molecule has 9 heteroatoms. The third-order valence-corrected chi connectivity index (χ3v) is 6.05. The lowest BCUT2D eigenvalue weighted by atomic mass is 10.00. The summed E-state index contributed by atoms with van der Waals surface area (Å²) in [5.74, 6) is 0.566. The van der Waals surface area contributed by atoms with Crippen molar-refractivity contribution in [1.82, 2.24) is 25.8 Å². The maximum Gasteiger partial charge on any atom is 0.340 e. The van der Waals surface area contributed by atoms with Crippen molar-refractivity contribution in [2.24, 2.45) is 0 Å².